The van der Waals surface area contributed by atoms with Crippen LogP contribution in [0.4, 0.5) is 0 Å². The number of likely N-dealkylation sites (N-methyl/N-ethyl adjacent to an activating group) is 1. The number of thiazole rings is 1. The molecule has 2 N–H and O–H groups in total. The van der Waals surface area contributed by atoms with Crippen LogP contribution in [0.3, 0.4) is 0 Å². The second-order valence-electron chi connectivity index (χ2n) is 3.80. The van der Waals surface area contributed by atoms with Crippen LogP contribution in [0.5, 0.6) is 0 Å². The van der Waals surface area contributed by atoms with Gasteiger partial charge in [-0.05, 0) is 26.1 Å². The average Bonchev–Trinajstić information content (AvgIpc) is 2.77. The van der Waals surface area contributed by atoms with Crippen LogP contribution in [0, 0.1) is 0 Å². The van der Waals surface area contributed by atoms with Crippen LogP contribution in [-0.2, 0) is 11.3 Å². The van der Waals surface area contributed by atoms with Crippen molar-refractivity contribution >= 4 is 27.5 Å². The van der Waals surface area contributed by atoms with Crippen molar-refractivity contribution in [2.75, 3.05) is 7.05 Å². The Labute approximate surface area is 104 Å². The van der Waals surface area contributed by atoms with Crippen LogP contribution >= 0.6 is 11.3 Å². The number of para-hydroxylation sites is 1. The zero-order valence-electron chi connectivity index (χ0n) is 9.86. The minimum atomic E-state index is -0.177. The molecule has 0 aliphatic heterocycles. The lowest BCUT2D eigenvalue weighted by atomic mass is 10.3. The molecule has 0 aliphatic carbocycles. The quantitative estimate of drug-likeness (QED) is 0.864. The first-order chi connectivity index (χ1) is 8.20. The van der Waals surface area contributed by atoms with E-state index in [-0.39, 0.29) is 11.9 Å². The number of nitrogens with one attached hydrogen (secondary N) is 2. The number of hydrogen-bond acceptors (Lipinski definition) is 4. The summed E-state index contributed by atoms with van der Waals surface area (Å²) in [5.41, 5.74) is 0.989. The second-order valence-corrected chi connectivity index (χ2v) is 4.92. The largest absolute Gasteiger partial charge is 0.348 e. The summed E-state index contributed by atoms with van der Waals surface area (Å²) in [4.78, 5) is 16.0. The molecule has 0 spiro atoms. The maximum atomic E-state index is 11.6. The van der Waals surface area contributed by atoms with E-state index in [2.05, 4.69) is 15.6 Å². The Morgan fingerprint density at radius 3 is 2.94 bits per heavy atom. The van der Waals surface area contributed by atoms with Crippen molar-refractivity contribution in [3.8, 4) is 0 Å². The molecule has 1 aromatic carbocycles. The Morgan fingerprint density at radius 2 is 2.24 bits per heavy atom. The van der Waals surface area contributed by atoms with E-state index >= 15 is 0 Å². The smallest absolute Gasteiger partial charge is 0.237 e. The Kier molecular flexibility index (Phi) is 3.71. The average molecular weight is 249 g/mol. The van der Waals surface area contributed by atoms with Gasteiger partial charge >= 0.3 is 0 Å². The molecule has 17 heavy (non-hydrogen) atoms. The van der Waals surface area contributed by atoms with Crippen molar-refractivity contribution in [1.29, 1.82) is 0 Å². The van der Waals surface area contributed by atoms with Gasteiger partial charge in [0.25, 0.3) is 0 Å². The van der Waals surface area contributed by atoms with Gasteiger partial charge in [0.15, 0.2) is 0 Å². The molecular formula is C12H15N3OS. The zero-order chi connectivity index (χ0) is 12.3. The summed E-state index contributed by atoms with van der Waals surface area (Å²) in [6, 6.07) is 7.80. The lowest BCUT2D eigenvalue weighted by molar-refractivity contribution is -0.122. The van der Waals surface area contributed by atoms with Crippen LogP contribution in [-0.4, -0.2) is 24.0 Å². The zero-order valence-corrected chi connectivity index (χ0v) is 10.7. The molecule has 1 atom stereocenters. The summed E-state index contributed by atoms with van der Waals surface area (Å²) in [6.07, 6.45) is 0. The maximum Gasteiger partial charge on any atom is 0.237 e. The summed E-state index contributed by atoms with van der Waals surface area (Å²) in [5, 5.41) is 6.69. The van der Waals surface area contributed by atoms with Crippen LogP contribution < -0.4 is 10.6 Å². The molecule has 1 amide bonds. The van der Waals surface area contributed by atoms with Crippen molar-refractivity contribution in [2.45, 2.75) is 19.5 Å². The van der Waals surface area contributed by atoms with E-state index in [1.807, 2.05) is 31.2 Å². The predicted octanol–water partition coefficient (Wildman–Crippen LogP) is 1.52. The van der Waals surface area contributed by atoms with E-state index < -0.39 is 0 Å². The molecule has 0 fully saturated rings. The van der Waals surface area contributed by atoms with Gasteiger partial charge in [0.2, 0.25) is 5.91 Å². The standard InChI is InChI=1S/C12H15N3OS/c1-8(13-2)12(16)14-7-11-15-9-5-3-4-6-10(9)17-11/h3-6,8,13H,7H2,1-2H3,(H,14,16). The van der Waals surface area contributed by atoms with E-state index in [1.54, 1.807) is 18.4 Å². The number of amides is 1. The molecule has 1 unspecified atom stereocenters. The van der Waals surface area contributed by atoms with Crippen LogP contribution in [0.2, 0.25) is 0 Å². The van der Waals surface area contributed by atoms with Crippen molar-refractivity contribution in [3.05, 3.63) is 29.3 Å². The molecule has 0 saturated heterocycles. The Balaban J connectivity index is 2.02. The summed E-state index contributed by atoms with van der Waals surface area (Å²) < 4.78 is 1.15. The molecule has 0 aliphatic rings. The minimum absolute atomic E-state index is 0.00763. The van der Waals surface area contributed by atoms with Crippen LogP contribution in [0.25, 0.3) is 10.2 Å². The lowest BCUT2D eigenvalue weighted by Crippen LogP contribution is -2.39. The SMILES string of the molecule is CNC(C)C(=O)NCc1nc2ccccc2s1. The summed E-state index contributed by atoms with van der Waals surface area (Å²) in [5.74, 6) is -0.00763. The first-order valence-corrected chi connectivity index (χ1v) is 6.32. The number of carbonyl (C=O) groups is 1. The monoisotopic (exact) mass is 249 g/mol. The van der Waals surface area contributed by atoms with Crippen LogP contribution in [0.1, 0.15) is 11.9 Å². The molecule has 0 radical (unpaired) electrons. The highest BCUT2D eigenvalue weighted by atomic mass is 32.1. The molecule has 1 heterocycles. The van der Waals surface area contributed by atoms with Gasteiger partial charge in [-0.1, -0.05) is 12.1 Å². The van der Waals surface area contributed by atoms with E-state index in [9.17, 15) is 4.79 Å². The molecular weight excluding hydrogens is 234 g/mol. The molecule has 2 aromatic rings. The van der Waals surface area contributed by atoms with Crippen LogP contribution in [0.15, 0.2) is 24.3 Å². The fourth-order valence-corrected chi connectivity index (χ4v) is 2.35. The Morgan fingerprint density at radius 1 is 1.47 bits per heavy atom. The number of nitrogens with zero attached hydrogens (tertiary/aromatic N) is 1. The number of hydrogen-bond donors (Lipinski definition) is 2. The Hall–Kier alpha value is -1.46. The number of carbonyl (C=O) groups excluding carboxylic acids is 1. The molecule has 1 aromatic heterocycles. The van der Waals surface area contributed by atoms with Gasteiger partial charge in [0, 0.05) is 0 Å². The molecule has 4 nitrogen and oxygen atoms in total. The highest BCUT2D eigenvalue weighted by molar-refractivity contribution is 7.18. The molecule has 2 rings (SSSR count). The molecule has 0 bridgehead atoms. The number of rotatable bonds is 4. The summed E-state index contributed by atoms with van der Waals surface area (Å²) in [6.45, 7) is 2.32. The fourth-order valence-electron chi connectivity index (χ4n) is 1.44. The van der Waals surface area contributed by atoms with E-state index in [1.165, 1.54) is 0 Å². The topological polar surface area (TPSA) is 54.0 Å². The summed E-state index contributed by atoms with van der Waals surface area (Å²) >= 11 is 1.61. The third-order valence-electron chi connectivity index (χ3n) is 2.58. The number of fused-ring (bicyclic) bond motifs is 1. The van der Waals surface area contributed by atoms with Gasteiger partial charge < -0.3 is 10.6 Å². The number of benzene rings is 1. The highest BCUT2D eigenvalue weighted by Gasteiger charge is 2.10. The molecule has 5 heteroatoms. The molecule has 0 saturated carbocycles. The summed E-state index contributed by atoms with van der Waals surface area (Å²) in [7, 11) is 1.77. The second kappa shape index (κ2) is 5.25. The van der Waals surface area contributed by atoms with E-state index in [4.69, 9.17) is 0 Å². The fraction of sp³-hybridized carbons (Fsp3) is 0.333. The Bertz CT molecular complexity index is 490. The lowest BCUT2D eigenvalue weighted by Gasteiger charge is -2.09. The molecule has 90 valence electrons. The highest BCUT2D eigenvalue weighted by Crippen LogP contribution is 2.21. The van der Waals surface area contributed by atoms with Gasteiger partial charge in [0.05, 0.1) is 22.8 Å². The minimum Gasteiger partial charge on any atom is -0.348 e. The maximum absolute atomic E-state index is 11.6. The van der Waals surface area contributed by atoms with Gasteiger partial charge in [-0.25, -0.2) is 4.98 Å². The van der Waals surface area contributed by atoms with Gasteiger partial charge in [-0.15, -0.1) is 11.3 Å². The van der Waals surface area contributed by atoms with Crippen molar-refractivity contribution in [1.82, 2.24) is 15.6 Å². The first kappa shape index (κ1) is 12.0. The van der Waals surface area contributed by atoms with Crippen molar-refractivity contribution in [2.24, 2.45) is 0 Å². The van der Waals surface area contributed by atoms with E-state index in [0.29, 0.717) is 6.54 Å². The van der Waals surface area contributed by atoms with Crippen molar-refractivity contribution in [3.63, 3.8) is 0 Å². The van der Waals surface area contributed by atoms with Gasteiger partial charge in [-0.2, -0.15) is 0 Å². The van der Waals surface area contributed by atoms with Gasteiger partial charge in [-0.3, -0.25) is 4.79 Å². The number of aromatic nitrogens is 1. The predicted molar refractivity (Wildman–Crippen MR) is 70.0 cm³/mol. The van der Waals surface area contributed by atoms with Crippen molar-refractivity contribution < 1.29 is 4.79 Å². The normalized spacial score (nSPS) is 12.6. The van der Waals surface area contributed by atoms with E-state index in [0.717, 1.165) is 15.2 Å². The van der Waals surface area contributed by atoms with Gasteiger partial charge in [0.1, 0.15) is 5.01 Å². The first-order valence-electron chi connectivity index (χ1n) is 5.50. The third kappa shape index (κ3) is 2.81. The third-order valence-corrected chi connectivity index (χ3v) is 3.61.